The predicted molar refractivity (Wildman–Crippen MR) is 107 cm³/mol. The Labute approximate surface area is 175 Å². The zero-order valence-electron chi connectivity index (χ0n) is 16.7. The fourth-order valence-corrected chi connectivity index (χ4v) is 4.00. The maximum Gasteiger partial charge on any atom is 0.200 e. The molecule has 2 heterocycles. The predicted octanol–water partition coefficient (Wildman–Crippen LogP) is 1.39. The van der Waals surface area contributed by atoms with Gasteiger partial charge in [-0.2, -0.15) is 0 Å². The van der Waals surface area contributed by atoms with Crippen LogP contribution < -0.4 is 0 Å². The van der Waals surface area contributed by atoms with Gasteiger partial charge in [0.25, 0.3) is 0 Å². The summed E-state index contributed by atoms with van der Waals surface area (Å²) in [7, 11) is 0. The second kappa shape index (κ2) is 9.53. The molecule has 2 saturated heterocycles. The zero-order chi connectivity index (χ0) is 21.0. The highest BCUT2D eigenvalue weighted by molar-refractivity contribution is 5.14. The summed E-state index contributed by atoms with van der Waals surface area (Å²) in [6.07, 6.45) is -4.82. The van der Waals surface area contributed by atoms with Crippen LogP contribution in [0.4, 0.5) is 0 Å². The van der Waals surface area contributed by atoms with E-state index in [0.717, 1.165) is 11.1 Å². The van der Waals surface area contributed by atoms with Crippen LogP contribution >= 0.6 is 0 Å². The van der Waals surface area contributed by atoms with E-state index in [0.29, 0.717) is 6.61 Å². The lowest BCUT2D eigenvalue weighted by Gasteiger charge is -2.48. The molecule has 0 aliphatic carbocycles. The zero-order valence-corrected chi connectivity index (χ0v) is 16.7. The molecule has 3 N–H and O–H groups in total. The largest absolute Gasteiger partial charge is 0.391 e. The van der Waals surface area contributed by atoms with Crippen LogP contribution in [0.15, 0.2) is 60.7 Å². The van der Waals surface area contributed by atoms with Crippen LogP contribution in [-0.2, 0) is 32.2 Å². The number of hydrogen-bond acceptors (Lipinski definition) is 7. The Morgan fingerprint density at radius 2 is 1.50 bits per heavy atom. The molecule has 4 rings (SSSR count). The Bertz CT molecular complexity index is 785. The molecule has 0 amide bonds. The van der Waals surface area contributed by atoms with E-state index in [9.17, 15) is 15.3 Å². The Hall–Kier alpha value is -1.84. The average Bonchev–Trinajstić information content (AvgIpc) is 3.14. The van der Waals surface area contributed by atoms with Crippen molar-refractivity contribution >= 4 is 0 Å². The summed E-state index contributed by atoms with van der Waals surface area (Å²) in [5.41, 5.74) is 1.91. The van der Waals surface area contributed by atoms with Gasteiger partial charge < -0.3 is 34.3 Å². The van der Waals surface area contributed by atoms with E-state index in [1.54, 1.807) is 0 Å². The van der Waals surface area contributed by atoms with Crippen molar-refractivity contribution in [2.75, 3.05) is 13.2 Å². The molecule has 7 nitrogen and oxygen atoms in total. The monoisotopic (exact) mass is 416 g/mol. The molecule has 2 aliphatic rings. The molecule has 162 valence electrons. The highest BCUT2D eigenvalue weighted by atomic mass is 16.7. The first-order valence-electron chi connectivity index (χ1n) is 10.2. The molecule has 2 fully saturated rings. The number of aliphatic hydroxyl groups is 3. The normalized spacial score (nSPS) is 33.8. The second-order valence-electron chi connectivity index (χ2n) is 7.84. The van der Waals surface area contributed by atoms with E-state index in [-0.39, 0.29) is 26.2 Å². The van der Waals surface area contributed by atoms with Crippen LogP contribution in [0.25, 0.3) is 0 Å². The van der Waals surface area contributed by atoms with E-state index >= 15 is 0 Å². The van der Waals surface area contributed by atoms with Gasteiger partial charge in [0.15, 0.2) is 0 Å². The van der Waals surface area contributed by atoms with Crippen molar-refractivity contribution in [1.29, 1.82) is 0 Å². The van der Waals surface area contributed by atoms with E-state index in [1.807, 2.05) is 60.7 Å². The van der Waals surface area contributed by atoms with E-state index in [2.05, 4.69) is 0 Å². The summed E-state index contributed by atoms with van der Waals surface area (Å²) >= 11 is 0. The van der Waals surface area contributed by atoms with Crippen LogP contribution in [0.5, 0.6) is 0 Å². The minimum Gasteiger partial charge on any atom is -0.391 e. The van der Waals surface area contributed by atoms with Gasteiger partial charge in [0.1, 0.15) is 24.4 Å². The minimum atomic E-state index is -1.34. The lowest BCUT2D eigenvalue weighted by molar-refractivity contribution is -0.360. The van der Waals surface area contributed by atoms with Gasteiger partial charge in [-0.15, -0.1) is 0 Å². The van der Waals surface area contributed by atoms with Crippen LogP contribution in [0, 0.1) is 0 Å². The molecule has 7 heteroatoms. The van der Waals surface area contributed by atoms with Crippen LogP contribution in [0.2, 0.25) is 0 Å². The topological polar surface area (TPSA) is 97.6 Å². The van der Waals surface area contributed by atoms with Crippen LogP contribution in [0.1, 0.15) is 17.5 Å². The van der Waals surface area contributed by atoms with Crippen molar-refractivity contribution in [3.05, 3.63) is 71.8 Å². The molecular formula is C23H28O7. The average molecular weight is 416 g/mol. The number of aliphatic hydroxyl groups excluding tert-OH is 3. The Kier molecular flexibility index (Phi) is 6.80. The summed E-state index contributed by atoms with van der Waals surface area (Å²) in [6.45, 7) is 0.717. The van der Waals surface area contributed by atoms with E-state index in [1.165, 1.54) is 0 Å². The summed E-state index contributed by atoms with van der Waals surface area (Å²) < 4.78 is 23.5. The molecule has 2 aromatic carbocycles. The number of hydrogen-bond donors (Lipinski definition) is 3. The molecule has 2 aliphatic heterocycles. The maximum absolute atomic E-state index is 10.8. The lowest BCUT2D eigenvalue weighted by atomic mass is 9.90. The number of ether oxygens (including phenoxy) is 4. The molecule has 0 radical (unpaired) electrons. The highest BCUT2D eigenvalue weighted by Gasteiger charge is 2.59. The third-order valence-electron chi connectivity index (χ3n) is 5.53. The summed E-state index contributed by atoms with van der Waals surface area (Å²) in [6, 6.07) is 19.2. The van der Waals surface area contributed by atoms with Crippen molar-refractivity contribution in [2.24, 2.45) is 0 Å². The molecule has 0 unspecified atom stereocenters. The van der Waals surface area contributed by atoms with Gasteiger partial charge in [-0.1, -0.05) is 60.7 Å². The molecule has 1 spiro atoms. The second-order valence-corrected chi connectivity index (χ2v) is 7.84. The van der Waals surface area contributed by atoms with Crippen LogP contribution in [0.3, 0.4) is 0 Å². The Balaban J connectivity index is 1.43. The molecular weight excluding hydrogens is 388 g/mol. The first-order valence-corrected chi connectivity index (χ1v) is 10.2. The summed E-state index contributed by atoms with van der Waals surface area (Å²) in [4.78, 5) is 0. The number of benzene rings is 2. The molecule has 2 aromatic rings. The lowest BCUT2D eigenvalue weighted by Crippen LogP contribution is -2.66. The minimum absolute atomic E-state index is 0.0692. The quantitative estimate of drug-likeness (QED) is 0.627. The van der Waals surface area contributed by atoms with Gasteiger partial charge in [0, 0.05) is 6.42 Å². The van der Waals surface area contributed by atoms with Crippen molar-refractivity contribution in [1.82, 2.24) is 0 Å². The Morgan fingerprint density at radius 3 is 2.10 bits per heavy atom. The summed E-state index contributed by atoms with van der Waals surface area (Å²) in [5.74, 6) is -1.34. The molecule has 0 bridgehead atoms. The standard InChI is InChI=1S/C23H28O7/c24-18-11-23(29-14-18)22(28-13-17-9-5-2-6-10-17)21(26)20(25)19(30-23)15-27-12-16-7-3-1-4-8-16/h1-10,18-22,24-26H,11-15H2/t18-,19-,20-,21+,22-,23+/m1/s1. The van der Waals surface area contributed by atoms with Gasteiger partial charge in [0.2, 0.25) is 5.79 Å². The Morgan fingerprint density at radius 1 is 0.867 bits per heavy atom. The van der Waals surface area contributed by atoms with Crippen molar-refractivity contribution < 1.29 is 34.3 Å². The molecule has 0 saturated carbocycles. The SMILES string of the molecule is O[C@H]1CO[C@@]2(C1)O[C@H](COCc1ccccc1)[C@@H](O)[C@H](O)[C@H]2OCc1ccccc1. The van der Waals surface area contributed by atoms with Gasteiger partial charge in [-0.3, -0.25) is 0 Å². The molecule has 6 atom stereocenters. The fourth-order valence-electron chi connectivity index (χ4n) is 4.00. The first-order chi connectivity index (χ1) is 14.6. The third kappa shape index (κ3) is 4.73. The van der Waals surface area contributed by atoms with Gasteiger partial charge in [-0.25, -0.2) is 0 Å². The van der Waals surface area contributed by atoms with Crippen LogP contribution in [-0.4, -0.2) is 64.8 Å². The van der Waals surface area contributed by atoms with Gasteiger partial charge in [-0.05, 0) is 11.1 Å². The smallest absolute Gasteiger partial charge is 0.200 e. The van der Waals surface area contributed by atoms with E-state index < -0.39 is 36.3 Å². The molecule has 0 aromatic heterocycles. The summed E-state index contributed by atoms with van der Waals surface area (Å²) in [5, 5.41) is 31.6. The molecule has 30 heavy (non-hydrogen) atoms. The highest BCUT2D eigenvalue weighted by Crippen LogP contribution is 2.40. The van der Waals surface area contributed by atoms with Gasteiger partial charge in [0.05, 0.1) is 32.5 Å². The van der Waals surface area contributed by atoms with Crippen molar-refractivity contribution in [3.63, 3.8) is 0 Å². The third-order valence-corrected chi connectivity index (χ3v) is 5.53. The van der Waals surface area contributed by atoms with E-state index in [4.69, 9.17) is 18.9 Å². The first kappa shape index (κ1) is 21.4. The fraction of sp³-hybridized carbons (Fsp3) is 0.478. The van der Waals surface area contributed by atoms with Crippen molar-refractivity contribution in [2.45, 2.75) is 55.9 Å². The van der Waals surface area contributed by atoms with Gasteiger partial charge >= 0.3 is 0 Å². The maximum atomic E-state index is 10.8. The van der Waals surface area contributed by atoms with Crippen molar-refractivity contribution in [3.8, 4) is 0 Å². The number of rotatable bonds is 7.